The van der Waals surface area contributed by atoms with Crippen molar-refractivity contribution < 1.29 is 26.4 Å². The zero-order valence-electron chi connectivity index (χ0n) is 17.1. The highest BCUT2D eigenvalue weighted by atomic mass is 32.2. The second-order valence-electron chi connectivity index (χ2n) is 7.16. The van der Waals surface area contributed by atoms with Crippen LogP contribution in [0.5, 0.6) is 0 Å². The van der Waals surface area contributed by atoms with E-state index in [1.807, 2.05) is 0 Å². The Hall–Kier alpha value is -2.76. The maximum atomic E-state index is 12.8. The quantitative estimate of drug-likeness (QED) is 0.708. The number of nitrogens with one attached hydrogen (secondary N) is 1. The molecule has 2 aromatic rings. The van der Waals surface area contributed by atoms with E-state index in [1.165, 1.54) is 47.6 Å². The molecule has 1 aliphatic heterocycles. The molecule has 1 fully saturated rings. The number of rotatable bonds is 5. The number of carbonyl (C=O) groups excluding carboxylic acids is 2. The van der Waals surface area contributed by atoms with Crippen LogP contribution in [-0.2, 0) is 24.7 Å². The smallest absolute Gasteiger partial charge is 0.255 e. The third-order valence-corrected chi connectivity index (χ3v) is 8.04. The number of benzene rings is 2. The zero-order valence-corrected chi connectivity index (χ0v) is 18.7. The Kier molecular flexibility index (Phi) is 6.48. The van der Waals surface area contributed by atoms with E-state index in [9.17, 15) is 26.4 Å². The lowest BCUT2D eigenvalue weighted by Crippen LogP contribution is -2.49. The molecule has 0 unspecified atom stereocenters. The number of sulfonamides is 1. The summed E-state index contributed by atoms with van der Waals surface area (Å²) in [5, 5.41) is 2.55. The summed E-state index contributed by atoms with van der Waals surface area (Å²) >= 11 is 0. The minimum atomic E-state index is -3.75. The largest absolute Gasteiger partial charge is 0.340 e. The maximum absolute atomic E-state index is 12.8. The Morgan fingerprint density at radius 1 is 0.871 bits per heavy atom. The van der Waals surface area contributed by atoms with Gasteiger partial charge in [-0.2, -0.15) is 4.31 Å². The van der Waals surface area contributed by atoms with Gasteiger partial charge in [0.1, 0.15) is 0 Å². The highest BCUT2D eigenvalue weighted by molar-refractivity contribution is 7.91. The molecule has 31 heavy (non-hydrogen) atoms. The summed E-state index contributed by atoms with van der Waals surface area (Å²) in [7, 11) is -7.29. The number of nitrogens with zero attached hydrogens (tertiary/aromatic N) is 2. The first-order chi connectivity index (χ1) is 14.5. The first-order valence-electron chi connectivity index (χ1n) is 9.46. The monoisotopic (exact) mass is 465 g/mol. The molecule has 0 atom stereocenters. The minimum Gasteiger partial charge on any atom is -0.340 e. The van der Waals surface area contributed by atoms with Gasteiger partial charge in [-0.25, -0.2) is 16.8 Å². The predicted octanol–water partition coefficient (Wildman–Crippen LogP) is 1.20. The van der Waals surface area contributed by atoms with Crippen LogP contribution in [0.15, 0.2) is 58.3 Å². The standard InChI is InChI=1S/C20H23N3O6S2/c1-15(24)22-11-13-23(14-12-22)31(28,29)17-9-7-16(8-10-17)20(25)21-18-5-3-4-6-19(18)30(2,26)27/h3-10H,11-14H2,1-2H3,(H,21,25). The summed E-state index contributed by atoms with van der Waals surface area (Å²) in [4.78, 5) is 25.6. The van der Waals surface area contributed by atoms with Crippen molar-refractivity contribution in [3.8, 4) is 0 Å². The Bertz CT molecular complexity index is 1200. The number of piperazine rings is 1. The molecule has 0 aromatic heterocycles. The SMILES string of the molecule is CC(=O)N1CCN(S(=O)(=O)c2ccc(C(=O)Nc3ccccc3S(C)(=O)=O)cc2)CC1. The van der Waals surface area contributed by atoms with Crippen LogP contribution in [0.3, 0.4) is 0 Å². The summed E-state index contributed by atoms with van der Waals surface area (Å²) in [6.45, 7) is 2.50. The van der Waals surface area contributed by atoms with Crippen molar-refractivity contribution >= 4 is 37.4 Å². The van der Waals surface area contributed by atoms with E-state index in [-0.39, 0.29) is 40.0 Å². The van der Waals surface area contributed by atoms with E-state index in [2.05, 4.69) is 5.32 Å². The van der Waals surface area contributed by atoms with Gasteiger partial charge in [0.15, 0.2) is 9.84 Å². The number of hydrogen-bond acceptors (Lipinski definition) is 6. The van der Waals surface area contributed by atoms with E-state index in [0.717, 1.165) is 6.26 Å². The Balaban J connectivity index is 1.75. The number of carbonyl (C=O) groups is 2. The van der Waals surface area contributed by atoms with Crippen LogP contribution in [0, 0.1) is 0 Å². The summed E-state index contributed by atoms with van der Waals surface area (Å²) in [6.07, 6.45) is 1.05. The topological polar surface area (TPSA) is 121 Å². The van der Waals surface area contributed by atoms with Crippen LogP contribution in [-0.4, -0.2) is 70.3 Å². The highest BCUT2D eigenvalue weighted by Gasteiger charge is 2.29. The van der Waals surface area contributed by atoms with E-state index in [0.29, 0.717) is 13.1 Å². The molecule has 166 valence electrons. The third kappa shape index (κ3) is 5.12. The predicted molar refractivity (Wildman–Crippen MR) is 115 cm³/mol. The van der Waals surface area contributed by atoms with Gasteiger partial charge >= 0.3 is 0 Å². The normalized spacial score (nSPS) is 15.5. The fraction of sp³-hybridized carbons (Fsp3) is 0.300. The number of amides is 2. The van der Waals surface area contributed by atoms with Crippen molar-refractivity contribution in [2.75, 3.05) is 37.8 Å². The van der Waals surface area contributed by atoms with Crippen LogP contribution >= 0.6 is 0 Å². The Morgan fingerprint density at radius 2 is 1.45 bits per heavy atom. The van der Waals surface area contributed by atoms with Crippen LogP contribution in [0.1, 0.15) is 17.3 Å². The maximum Gasteiger partial charge on any atom is 0.255 e. The number of hydrogen-bond donors (Lipinski definition) is 1. The van der Waals surface area contributed by atoms with Crippen molar-refractivity contribution in [3.05, 3.63) is 54.1 Å². The van der Waals surface area contributed by atoms with Gasteiger partial charge in [-0.05, 0) is 36.4 Å². The van der Waals surface area contributed by atoms with Crippen LogP contribution in [0.25, 0.3) is 0 Å². The summed E-state index contributed by atoms with van der Waals surface area (Å²) in [6, 6.07) is 11.5. The van der Waals surface area contributed by atoms with Crippen LogP contribution in [0.2, 0.25) is 0 Å². The first kappa shape index (κ1) is 22.9. The molecule has 0 saturated carbocycles. The molecule has 0 radical (unpaired) electrons. The number of sulfone groups is 1. The van der Waals surface area contributed by atoms with E-state index >= 15 is 0 Å². The van der Waals surface area contributed by atoms with Gasteiger partial charge in [0.2, 0.25) is 15.9 Å². The molecule has 2 amide bonds. The van der Waals surface area contributed by atoms with Crippen molar-refractivity contribution in [1.29, 1.82) is 0 Å². The fourth-order valence-electron chi connectivity index (χ4n) is 3.26. The molecule has 2 aromatic carbocycles. The second-order valence-corrected chi connectivity index (χ2v) is 11.1. The molecule has 1 N–H and O–H groups in total. The van der Waals surface area contributed by atoms with Crippen molar-refractivity contribution in [3.63, 3.8) is 0 Å². The molecule has 9 nitrogen and oxygen atoms in total. The molecule has 1 aliphatic rings. The molecule has 0 bridgehead atoms. The molecular formula is C20H23N3O6S2. The van der Waals surface area contributed by atoms with Crippen LogP contribution < -0.4 is 5.32 Å². The van der Waals surface area contributed by atoms with Crippen molar-refractivity contribution in [2.24, 2.45) is 0 Å². The summed E-state index contributed by atoms with van der Waals surface area (Å²) < 4.78 is 50.8. The van der Waals surface area contributed by atoms with Crippen molar-refractivity contribution in [2.45, 2.75) is 16.7 Å². The molecule has 1 heterocycles. The van der Waals surface area contributed by atoms with Gasteiger partial charge in [0, 0.05) is 44.9 Å². The summed E-state index contributed by atoms with van der Waals surface area (Å²) in [5.41, 5.74) is 0.332. The minimum absolute atomic E-state index is 0.00717. The Labute approximate surface area is 181 Å². The van der Waals surface area contributed by atoms with Gasteiger partial charge < -0.3 is 10.2 Å². The Morgan fingerprint density at radius 3 is 2.00 bits per heavy atom. The molecule has 1 saturated heterocycles. The fourth-order valence-corrected chi connectivity index (χ4v) is 5.52. The lowest BCUT2D eigenvalue weighted by molar-refractivity contribution is -0.129. The highest BCUT2D eigenvalue weighted by Crippen LogP contribution is 2.22. The van der Waals surface area contributed by atoms with E-state index in [1.54, 1.807) is 17.0 Å². The zero-order chi connectivity index (χ0) is 22.8. The molecular weight excluding hydrogens is 442 g/mol. The molecule has 0 spiro atoms. The first-order valence-corrected chi connectivity index (χ1v) is 12.8. The van der Waals surface area contributed by atoms with E-state index < -0.39 is 25.8 Å². The lowest BCUT2D eigenvalue weighted by Gasteiger charge is -2.33. The van der Waals surface area contributed by atoms with E-state index in [4.69, 9.17) is 0 Å². The number of anilines is 1. The van der Waals surface area contributed by atoms with Gasteiger partial charge in [0.25, 0.3) is 5.91 Å². The second kappa shape index (κ2) is 8.77. The summed E-state index contributed by atoms with van der Waals surface area (Å²) in [5.74, 6) is -0.653. The average Bonchev–Trinajstić information content (AvgIpc) is 2.73. The van der Waals surface area contributed by atoms with Gasteiger partial charge in [-0.3, -0.25) is 9.59 Å². The van der Waals surface area contributed by atoms with Gasteiger partial charge in [-0.1, -0.05) is 12.1 Å². The van der Waals surface area contributed by atoms with Gasteiger partial charge in [-0.15, -0.1) is 0 Å². The molecule has 0 aliphatic carbocycles. The lowest BCUT2D eigenvalue weighted by atomic mass is 10.2. The third-order valence-electron chi connectivity index (χ3n) is 4.97. The van der Waals surface area contributed by atoms with Crippen LogP contribution in [0.4, 0.5) is 5.69 Å². The van der Waals surface area contributed by atoms with Gasteiger partial charge in [0.05, 0.1) is 15.5 Å². The number of para-hydroxylation sites is 1. The van der Waals surface area contributed by atoms with Crippen molar-refractivity contribution in [1.82, 2.24) is 9.21 Å². The molecule has 3 rings (SSSR count). The molecule has 11 heteroatoms. The average molecular weight is 466 g/mol.